The number of nitrogens with one attached hydrogen (secondary N) is 1. The minimum atomic E-state index is -0.622. The van der Waals surface area contributed by atoms with E-state index in [0.29, 0.717) is 31.5 Å². The Morgan fingerprint density at radius 1 is 0.933 bits per heavy atom. The van der Waals surface area contributed by atoms with Gasteiger partial charge in [0, 0.05) is 19.0 Å². The van der Waals surface area contributed by atoms with Crippen molar-refractivity contribution in [2.24, 2.45) is 5.92 Å². The number of nitrogens with zero attached hydrogens (tertiary/aromatic N) is 1. The van der Waals surface area contributed by atoms with Gasteiger partial charge in [-0.1, -0.05) is 60.7 Å². The summed E-state index contributed by atoms with van der Waals surface area (Å²) in [4.78, 5) is 27.5. The quantitative estimate of drug-likeness (QED) is 0.695. The van der Waals surface area contributed by atoms with Gasteiger partial charge in [0.25, 0.3) is 5.91 Å². The molecule has 30 heavy (non-hydrogen) atoms. The molecule has 0 bridgehead atoms. The van der Waals surface area contributed by atoms with Gasteiger partial charge < -0.3 is 14.6 Å². The van der Waals surface area contributed by atoms with E-state index in [4.69, 9.17) is 4.42 Å². The van der Waals surface area contributed by atoms with Crippen LogP contribution in [0.1, 0.15) is 41.3 Å². The lowest BCUT2D eigenvalue weighted by Crippen LogP contribution is -2.49. The minimum Gasteiger partial charge on any atom is -0.472 e. The fourth-order valence-electron chi connectivity index (χ4n) is 4.12. The molecule has 1 N–H and O–H groups in total. The van der Waals surface area contributed by atoms with Crippen LogP contribution in [0.5, 0.6) is 0 Å². The Balaban J connectivity index is 1.47. The monoisotopic (exact) mass is 402 g/mol. The van der Waals surface area contributed by atoms with Crippen LogP contribution in [0, 0.1) is 5.92 Å². The molecule has 0 saturated carbocycles. The SMILES string of the molecule is CC(NC(=O)C1CCN(C(=O)c2ccoc2)CC1)(c1ccccc1)c1ccccc1. The number of furan rings is 1. The maximum Gasteiger partial charge on any atom is 0.257 e. The largest absolute Gasteiger partial charge is 0.472 e. The normalized spacial score (nSPS) is 15.0. The number of carbonyl (C=O) groups excluding carboxylic acids is 2. The molecule has 1 fully saturated rings. The molecule has 0 unspecified atom stereocenters. The summed E-state index contributed by atoms with van der Waals surface area (Å²) in [6.45, 7) is 3.18. The van der Waals surface area contributed by atoms with Gasteiger partial charge in [-0.15, -0.1) is 0 Å². The van der Waals surface area contributed by atoms with E-state index in [1.807, 2.05) is 67.6 Å². The Bertz CT molecular complexity index is 936. The molecule has 1 aliphatic heterocycles. The number of carbonyl (C=O) groups is 2. The molecule has 0 spiro atoms. The maximum atomic E-state index is 13.2. The summed E-state index contributed by atoms with van der Waals surface area (Å²) in [5.41, 5.74) is 2.01. The molecule has 154 valence electrons. The third kappa shape index (κ3) is 4.01. The predicted octanol–water partition coefficient (Wildman–Crippen LogP) is 4.21. The van der Waals surface area contributed by atoms with Gasteiger partial charge in [-0.05, 0) is 37.0 Å². The van der Waals surface area contributed by atoms with Crippen molar-refractivity contribution in [3.63, 3.8) is 0 Å². The highest BCUT2D eigenvalue weighted by atomic mass is 16.3. The molecular formula is C25H26N2O3. The third-order valence-electron chi connectivity index (χ3n) is 6.00. The summed E-state index contributed by atoms with van der Waals surface area (Å²) in [5.74, 6) is -0.133. The highest BCUT2D eigenvalue weighted by Crippen LogP contribution is 2.30. The number of amides is 2. The van der Waals surface area contributed by atoms with Crippen molar-refractivity contribution in [2.45, 2.75) is 25.3 Å². The van der Waals surface area contributed by atoms with E-state index in [0.717, 1.165) is 11.1 Å². The molecule has 2 heterocycles. The second-order valence-corrected chi connectivity index (χ2v) is 7.92. The first-order valence-corrected chi connectivity index (χ1v) is 10.3. The van der Waals surface area contributed by atoms with Crippen molar-refractivity contribution in [1.29, 1.82) is 0 Å². The average Bonchev–Trinajstić information content (AvgIpc) is 3.35. The summed E-state index contributed by atoms with van der Waals surface area (Å²) >= 11 is 0. The maximum absolute atomic E-state index is 13.2. The first-order chi connectivity index (χ1) is 14.6. The van der Waals surface area contributed by atoms with Crippen LogP contribution in [0.4, 0.5) is 0 Å². The summed E-state index contributed by atoms with van der Waals surface area (Å²) in [5, 5.41) is 3.31. The Hall–Kier alpha value is -3.34. The van der Waals surface area contributed by atoms with Crippen LogP contribution in [-0.2, 0) is 10.3 Å². The number of piperidine rings is 1. The molecule has 0 radical (unpaired) electrons. The first-order valence-electron chi connectivity index (χ1n) is 10.3. The van der Waals surface area contributed by atoms with Crippen LogP contribution >= 0.6 is 0 Å². The predicted molar refractivity (Wildman–Crippen MR) is 115 cm³/mol. The zero-order valence-corrected chi connectivity index (χ0v) is 17.1. The van der Waals surface area contributed by atoms with Crippen molar-refractivity contribution in [2.75, 3.05) is 13.1 Å². The van der Waals surface area contributed by atoms with E-state index < -0.39 is 5.54 Å². The zero-order valence-electron chi connectivity index (χ0n) is 17.1. The average molecular weight is 402 g/mol. The number of likely N-dealkylation sites (tertiary alicyclic amines) is 1. The molecule has 1 saturated heterocycles. The van der Waals surface area contributed by atoms with Crippen molar-refractivity contribution in [3.8, 4) is 0 Å². The van der Waals surface area contributed by atoms with Gasteiger partial charge in [0.2, 0.25) is 5.91 Å². The fourth-order valence-corrected chi connectivity index (χ4v) is 4.12. The lowest BCUT2D eigenvalue weighted by atomic mass is 9.83. The third-order valence-corrected chi connectivity index (χ3v) is 6.00. The summed E-state index contributed by atoms with van der Waals surface area (Å²) in [6.07, 6.45) is 4.26. The Kier molecular flexibility index (Phi) is 5.70. The molecular weight excluding hydrogens is 376 g/mol. The molecule has 4 rings (SSSR count). The topological polar surface area (TPSA) is 62.6 Å². The highest BCUT2D eigenvalue weighted by molar-refractivity contribution is 5.94. The van der Waals surface area contributed by atoms with E-state index in [9.17, 15) is 9.59 Å². The van der Waals surface area contributed by atoms with Crippen molar-refractivity contribution in [3.05, 3.63) is 95.9 Å². The van der Waals surface area contributed by atoms with Crippen LogP contribution in [0.3, 0.4) is 0 Å². The lowest BCUT2D eigenvalue weighted by Gasteiger charge is -2.36. The number of hydrogen-bond donors (Lipinski definition) is 1. The molecule has 2 amide bonds. The standard InChI is InChI=1S/C25H26N2O3/c1-25(21-8-4-2-5-9-21,22-10-6-3-7-11-22)26-23(28)19-12-15-27(16-13-19)24(29)20-14-17-30-18-20/h2-11,14,17-19H,12-13,15-16H2,1H3,(H,26,28). The smallest absolute Gasteiger partial charge is 0.257 e. The lowest BCUT2D eigenvalue weighted by molar-refractivity contribution is -0.127. The molecule has 0 atom stereocenters. The summed E-state index contributed by atoms with van der Waals surface area (Å²) in [6, 6.07) is 21.7. The molecule has 2 aromatic carbocycles. The summed E-state index contributed by atoms with van der Waals surface area (Å²) < 4.78 is 5.01. The highest BCUT2D eigenvalue weighted by Gasteiger charge is 2.35. The van der Waals surface area contributed by atoms with Crippen LogP contribution in [0.15, 0.2) is 83.7 Å². The molecule has 0 aliphatic carbocycles. The van der Waals surface area contributed by atoms with Crippen LogP contribution in [0.2, 0.25) is 0 Å². The number of rotatable bonds is 5. The van der Waals surface area contributed by atoms with Gasteiger partial charge in [0.1, 0.15) is 6.26 Å². The van der Waals surface area contributed by atoms with Gasteiger partial charge in [0.15, 0.2) is 0 Å². The number of benzene rings is 2. The Labute approximate surface area is 176 Å². The van der Waals surface area contributed by atoms with Gasteiger partial charge in [0.05, 0.1) is 17.4 Å². The van der Waals surface area contributed by atoms with Crippen LogP contribution < -0.4 is 5.32 Å². The molecule has 1 aliphatic rings. The van der Waals surface area contributed by atoms with Crippen molar-refractivity contribution < 1.29 is 14.0 Å². The van der Waals surface area contributed by atoms with E-state index in [1.165, 1.54) is 12.5 Å². The van der Waals surface area contributed by atoms with E-state index in [2.05, 4.69) is 5.32 Å². The first kappa shape index (κ1) is 20.0. The van der Waals surface area contributed by atoms with Crippen LogP contribution in [0.25, 0.3) is 0 Å². The van der Waals surface area contributed by atoms with Gasteiger partial charge in [-0.2, -0.15) is 0 Å². The van der Waals surface area contributed by atoms with Crippen molar-refractivity contribution >= 4 is 11.8 Å². The van der Waals surface area contributed by atoms with E-state index in [1.54, 1.807) is 11.0 Å². The molecule has 1 aromatic heterocycles. The molecule has 5 heteroatoms. The zero-order chi connectivity index (χ0) is 21.0. The van der Waals surface area contributed by atoms with Gasteiger partial charge >= 0.3 is 0 Å². The van der Waals surface area contributed by atoms with Crippen LogP contribution in [-0.4, -0.2) is 29.8 Å². The van der Waals surface area contributed by atoms with E-state index >= 15 is 0 Å². The van der Waals surface area contributed by atoms with Gasteiger partial charge in [-0.25, -0.2) is 0 Å². The summed E-state index contributed by atoms with van der Waals surface area (Å²) in [7, 11) is 0. The second-order valence-electron chi connectivity index (χ2n) is 7.92. The van der Waals surface area contributed by atoms with Gasteiger partial charge in [-0.3, -0.25) is 9.59 Å². The Morgan fingerprint density at radius 2 is 1.50 bits per heavy atom. The fraction of sp³-hybridized carbons (Fsp3) is 0.280. The Morgan fingerprint density at radius 3 is 2.00 bits per heavy atom. The number of hydrogen-bond acceptors (Lipinski definition) is 3. The molecule has 5 nitrogen and oxygen atoms in total. The van der Waals surface area contributed by atoms with Crippen molar-refractivity contribution in [1.82, 2.24) is 10.2 Å². The van der Waals surface area contributed by atoms with E-state index in [-0.39, 0.29) is 17.7 Å². The second kappa shape index (κ2) is 8.57. The molecule has 3 aromatic rings. The minimum absolute atomic E-state index is 0.0283.